The maximum absolute atomic E-state index is 13.5. The van der Waals surface area contributed by atoms with Crippen LogP contribution < -0.4 is 0 Å². The SMILES string of the molecule is CN1C(=O)C[C@](CC(=O)N(CCO)Cc2ccccc2)(c2ccc(-c3ccccc3)cc2)C1=O. The van der Waals surface area contributed by atoms with Gasteiger partial charge in [0.1, 0.15) is 0 Å². The molecule has 3 aromatic carbocycles. The zero-order valence-corrected chi connectivity index (χ0v) is 19.2. The van der Waals surface area contributed by atoms with Crippen LogP contribution in [0.3, 0.4) is 0 Å². The highest BCUT2D eigenvalue weighted by atomic mass is 16.3. The molecule has 0 unspecified atom stereocenters. The number of hydrogen-bond donors (Lipinski definition) is 1. The lowest BCUT2D eigenvalue weighted by Crippen LogP contribution is -2.43. The van der Waals surface area contributed by atoms with E-state index in [9.17, 15) is 19.5 Å². The molecule has 1 aliphatic heterocycles. The van der Waals surface area contributed by atoms with E-state index < -0.39 is 5.41 Å². The number of imide groups is 1. The van der Waals surface area contributed by atoms with Crippen molar-refractivity contribution in [3.63, 3.8) is 0 Å². The van der Waals surface area contributed by atoms with Crippen LogP contribution in [0.5, 0.6) is 0 Å². The fourth-order valence-electron chi connectivity index (χ4n) is 4.55. The van der Waals surface area contributed by atoms with Crippen LogP contribution in [0.2, 0.25) is 0 Å². The molecule has 1 N–H and O–H groups in total. The molecule has 4 rings (SSSR count). The highest BCUT2D eigenvalue weighted by molar-refractivity contribution is 6.10. The fourth-order valence-corrected chi connectivity index (χ4v) is 4.55. The number of benzene rings is 3. The van der Waals surface area contributed by atoms with Crippen LogP contribution in [0.25, 0.3) is 11.1 Å². The van der Waals surface area contributed by atoms with E-state index in [1.807, 2.05) is 84.9 Å². The molecular weight excluding hydrogens is 428 g/mol. The molecule has 0 aliphatic carbocycles. The van der Waals surface area contributed by atoms with E-state index in [1.165, 1.54) is 7.05 Å². The Bertz CT molecular complexity index is 1160. The summed E-state index contributed by atoms with van der Waals surface area (Å²) in [7, 11) is 1.46. The molecule has 0 radical (unpaired) electrons. The van der Waals surface area contributed by atoms with E-state index in [0.717, 1.165) is 21.6 Å². The van der Waals surface area contributed by atoms with E-state index in [4.69, 9.17) is 0 Å². The number of hydrogen-bond acceptors (Lipinski definition) is 4. The van der Waals surface area contributed by atoms with Gasteiger partial charge in [0.25, 0.3) is 0 Å². The number of nitrogens with zero attached hydrogens (tertiary/aromatic N) is 2. The number of aliphatic hydroxyl groups excluding tert-OH is 1. The number of carbonyl (C=O) groups is 3. The van der Waals surface area contributed by atoms with Gasteiger partial charge < -0.3 is 10.0 Å². The summed E-state index contributed by atoms with van der Waals surface area (Å²) in [5, 5.41) is 9.56. The monoisotopic (exact) mass is 456 g/mol. The summed E-state index contributed by atoms with van der Waals surface area (Å²) in [4.78, 5) is 42.0. The first-order valence-electron chi connectivity index (χ1n) is 11.3. The molecule has 174 valence electrons. The minimum atomic E-state index is -1.26. The van der Waals surface area contributed by atoms with Gasteiger partial charge in [0.15, 0.2) is 0 Å². The zero-order chi connectivity index (χ0) is 24.1. The number of rotatable bonds is 8. The van der Waals surface area contributed by atoms with Crippen LogP contribution in [-0.2, 0) is 26.3 Å². The normalized spacial score (nSPS) is 17.8. The molecule has 0 saturated carbocycles. The fraction of sp³-hybridized carbons (Fsp3) is 0.250. The van der Waals surface area contributed by atoms with Gasteiger partial charge in [-0.05, 0) is 22.3 Å². The molecule has 1 atom stereocenters. The molecule has 3 aromatic rings. The Morgan fingerprint density at radius 2 is 1.50 bits per heavy atom. The molecule has 1 heterocycles. The predicted molar refractivity (Wildman–Crippen MR) is 130 cm³/mol. The lowest BCUT2D eigenvalue weighted by atomic mass is 9.75. The van der Waals surface area contributed by atoms with E-state index in [1.54, 1.807) is 4.90 Å². The van der Waals surface area contributed by atoms with Crippen LogP contribution in [0.1, 0.15) is 24.0 Å². The van der Waals surface area contributed by atoms with Crippen LogP contribution in [0, 0.1) is 0 Å². The summed E-state index contributed by atoms with van der Waals surface area (Å²) in [6, 6.07) is 26.9. The average molecular weight is 457 g/mol. The number of likely N-dealkylation sites (N-methyl/N-ethyl adjacent to an activating group) is 1. The maximum Gasteiger partial charge on any atom is 0.240 e. The smallest absolute Gasteiger partial charge is 0.240 e. The highest BCUT2D eigenvalue weighted by Gasteiger charge is 2.52. The summed E-state index contributed by atoms with van der Waals surface area (Å²) in [5.74, 6) is -0.954. The standard InChI is InChI=1S/C28H28N2O4/c1-29-25(32)18-28(27(29)34,24-14-12-23(13-15-24)22-10-6-3-7-11-22)19-26(33)30(16-17-31)20-21-8-4-2-5-9-21/h2-15,31H,16-20H2,1H3/t28-/m0/s1. The van der Waals surface area contributed by atoms with Crippen molar-refractivity contribution in [3.05, 3.63) is 96.1 Å². The van der Waals surface area contributed by atoms with Crippen LogP contribution in [-0.4, -0.2) is 52.8 Å². The maximum atomic E-state index is 13.5. The number of aliphatic hydroxyl groups is 1. The third-order valence-electron chi connectivity index (χ3n) is 6.48. The van der Waals surface area contributed by atoms with Crippen molar-refractivity contribution in [2.75, 3.05) is 20.2 Å². The first-order valence-corrected chi connectivity index (χ1v) is 11.3. The molecule has 34 heavy (non-hydrogen) atoms. The molecular formula is C28H28N2O4. The summed E-state index contributed by atoms with van der Waals surface area (Å²) in [5.41, 5.74) is 2.34. The second-order valence-corrected chi connectivity index (χ2v) is 8.66. The first kappa shape index (κ1) is 23.4. The van der Waals surface area contributed by atoms with E-state index in [-0.39, 0.29) is 43.7 Å². The number of amides is 3. The Morgan fingerprint density at radius 1 is 0.912 bits per heavy atom. The van der Waals surface area contributed by atoms with Gasteiger partial charge in [0.2, 0.25) is 17.7 Å². The molecule has 6 heteroatoms. The van der Waals surface area contributed by atoms with Crippen LogP contribution in [0.4, 0.5) is 0 Å². The van der Waals surface area contributed by atoms with Gasteiger partial charge in [0.05, 0.1) is 12.0 Å². The average Bonchev–Trinajstić information content (AvgIpc) is 3.09. The highest BCUT2D eigenvalue weighted by Crippen LogP contribution is 2.40. The topological polar surface area (TPSA) is 77.9 Å². The van der Waals surface area contributed by atoms with Crippen molar-refractivity contribution in [1.82, 2.24) is 9.80 Å². The van der Waals surface area contributed by atoms with E-state index in [0.29, 0.717) is 12.1 Å². The predicted octanol–water partition coefficient (Wildman–Crippen LogP) is 3.39. The van der Waals surface area contributed by atoms with Gasteiger partial charge in [-0.15, -0.1) is 0 Å². The minimum absolute atomic E-state index is 0.0585. The summed E-state index contributed by atoms with van der Waals surface area (Å²) in [6.45, 7) is 0.278. The quantitative estimate of drug-likeness (QED) is 0.527. The van der Waals surface area contributed by atoms with Crippen molar-refractivity contribution in [3.8, 4) is 11.1 Å². The largest absolute Gasteiger partial charge is 0.395 e. The Kier molecular flexibility index (Phi) is 6.89. The van der Waals surface area contributed by atoms with Crippen molar-refractivity contribution in [2.24, 2.45) is 0 Å². The van der Waals surface area contributed by atoms with Gasteiger partial charge in [-0.1, -0.05) is 84.9 Å². The summed E-state index contributed by atoms with van der Waals surface area (Å²) in [6.07, 6.45) is -0.198. The molecule has 1 saturated heterocycles. The van der Waals surface area contributed by atoms with Gasteiger partial charge >= 0.3 is 0 Å². The first-order chi connectivity index (χ1) is 16.4. The van der Waals surface area contributed by atoms with Crippen molar-refractivity contribution in [1.29, 1.82) is 0 Å². The Hall–Kier alpha value is -3.77. The van der Waals surface area contributed by atoms with Crippen LogP contribution >= 0.6 is 0 Å². The molecule has 1 aliphatic rings. The molecule has 1 fully saturated rings. The van der Waals surface area contributed by atoms with Gasteiger partial charge in [-0.2, -0.15) is 0 Å². The zero-order valence-electron chi connectivity index (χ0n) is 19.2. The second kappa shape index (κ2) is 10.0. The van der Waals surface area contributed by atoms with Gasteiger partial charge in [-0.25, -0.2) is 0 Å². The Morgan fingerprint density at radius 3 is 2.06 bits per heavy atom. The third kappa shape index (κ3) is 4.63. The van der Waals surface area contributed by atoms with E-state index in [2.05, 4.69) is 0 Å². The van der Waals surface area contributed by atoms with Crippen molar-refractivity contribution < 1.29 is 19.5 Å². The van der Waals surface area contributed by atoms with Gasteiger partial charge in [-0.3, -0.25) is 19.3 Å². The Labute approximate surface area is 199 Å². The van der Waals surface area contributed by atoms with Crippen molar-refractivity contribution in [2.45, 2.75) is 24.8 Å². The lowest BCUT2D eigenvalue weighted by molar-refractivity contribution is -0.141. The second-order valence-electron chi connectivity index (χ2n) is 8.66. The number of likely N-dealkylation sites (tertiary alicyclic amines) is 1. The van der Waals surface area contributed by atoms with Crippen molar-refractivity contribution >= 4 is 17.7 Å². The third-order valence-corrected chi connectivity index (χ3v) is 6.48. The number of carbonyl (C=O) groups excluding carboxylic acids is 3. The summed E-state index contributed by atoms with van der Waals surface area (Å²) < 4.78 is 0. The Balaban J connectivity index is 1.65. The summed E-state index contributed by atoms with van der Waals surface area (Å²) >= 11 is 0. The molecule has 6 nitrogen and oxygen atoms in total. The minimum Gasteiger partial charge on any atom is -0.395 e. The molecule has 0 bridgehead atoms. The molecule has 3 amide bonds. The lowest BCUT2D eigenvalue weighted by Gasteiger charge is -2.30. The van der Waals surface area contributed by atoms with Gasteiger partial charge in [0, 0.05) is 33.0 Å². The molecule has 0 aromatic heterocycles. The van der Waals surface area contributed by atoms with E-state index >= 15 is 0 Å². The molecule has 0 spiro atoms. The van der Waals surface area contributed by atoms with Crippen LogP contribution in [0.15, 0.2) is 84.9 Å².